The molecule has 3 heteroatoms. The van der Waals surface area contributed by atoms with Crippen molar-refractivity contribution in [1.29, 1.82) is 0 Å². The van der Waals surface area contributed by atoms with E-state index in [1.54, 1.807) is 30.3 Å². The molecule has 0 amide bonds. The van der Waals surface area contributed by atoms with Crippen molar-refractivity contribution in [3.8, 4) is 5.75 Å². The Labute approximate surface area is 148 Å². The summed E-state index contributed by atoms with van der Waals surface area (Å²) in [6.07, 6.45) is 5.84. The topological polar surface area (TPSA) is 46.5 Å². The summed E-state index contributed by atoms with van der Waals surface area (Å²) in [5.41, 5.74) is 1.54. The number of para-hydroxylation sites is 1. The Morgan fingerprint density at radius 2 is 1.92 bits per heavy atom. The van der Waals surface area contributed by atoms with Gasteiger partial charge in [-0.1, -0.05) is 43.0 Å². The fraction of sp³-hybridized carbons (Fsp3) is 0.318. The van der Waals surface area contributed by atoms with Crippen LogP contribution in [0.3, 0.4) is 0 Å². The summed E-state index contributed by atoms with van der Waals surface area (Å²) in [7, 11) is 0. The fourth-order valence-electron chi connectivity index (χ4n) is 4.60. The molecule has 0 spiro atoms. The SMILES string of the molecule is C=Cc1ccc(C(=O)OC2(c3ccccc3O)CC3CCC2C3)cc1. The molecule has 0 saturated heterocycles. The molecule has 1 N–H and O–H groups in total. The third-order valence-electron chi connectivity index (χ3n) is 5.81. The molecule has 3 atom stereocenters. The Bertz CT molecular complexity index is 808. The van der Waals surface area contributed by atoms with Crippen molar-refractivity contribution >= 4 is 12.0 Å². The second-order valence-corrected chi connectivity index (χ2v) is 7.20. The fourth-order valence-corrected chi connectivity index (χ4v) is 4.60. The summed E-state index contributed by atoms with van der Waals surface area (Å²) >= 11 is 0. The first-order chi connectivity index (χ1) is 12.1. The Kier molecular flexibility index (Phi) is 3.87. The van der Waals surface area contributed by atoms with Crippen molar-refractivity contribution in [3.05, 3.63) is 71.8 Å². The maximum Gasteiger partial charge on any atom is 0.339 e. The Morgan fingerprint density at radius 1 is 1.16 bits per heavy atom. The van der Waals surface area contributed by atoms with Crippen molar-refractivity contribution < 1.29 is 14.6 Å². The van der Waals surface area contributed by atoms with E-state index in [0.717, 1.165) is 30.4 Å². The van der Waals surface area contributed by atoms with Gasteiger partial charge in [0.1, 0.15) is 11.4 Å². The van der Waals surface area contributed by atoms with Gasteiger partial charge in [-0.3, -0.25) is 0 Å². The summed E-state index contributed by atoms with van der Waals surface area (Å²) in [6.45, 7) is 3.73. The third kappa shape index (κ3) is 2.64. The van der Waals surface area contributed by atoms with E-state index in [1.165, 1.54) is 6.42 Å². The predicted molar refractivity (Wildman–Crippen MR) is 97.2 cm³/mol. The van der Waals surface area contributed by atoms with Crippen molar-refractivity contribution in [2.75, 3.05) is 0 Å². The lowest BCUT2D eigenvalue weighted by atomic mass is 9.78. The number of benzene rings is 2. The molecule has 3 unspecified atom stereocenters. The van der Waals surface area contributed by atoms with Gasteiger partial charge < -0.3 is 9.84 Å². The molecule has 25 heavy (non-hydrogen) atoms. The van der Waals surface area contributed by atoms with E-state index in [9.17, 15) is 9.90 Å². The van der Waals surface area contributed by atoms with Crippen LogP contribution < -0.4 is 0 Å². The number of esters is 1. The summed E-state index contributed by atoms with van der Waals surface area (Å²) in [6, 6.07) is 14.5. The molecule has 3 nitrogen and oxygen atoms in total. The van der Waals surface area contributed by atoms with Crippen LogP contribution in [0, 0.1) is 11.8 Å². The van der Waals surface area contributed by atoms with E-state index in [1.807, 2.05) is 24.3 Å². The molecule has 0 radical (unpaired) electrons. The van der Waals surface area contributed by atoms with Crippen molar-refractivity contribution in [3.63, 3.8) is 0 Å². The molecule has 0 aromatic heterocycles. The number of phenols is 1. The van der Waals surface area contributed by atoms with Crippen LogP contribution in [0.4, 0.5) is 0 Å². The minimum atomic E-state index is -0.706. The monoisotopic (exact) mass is 334 g/mol. The molecular formula is C22H22O3. The molecule has 2 aliphatic carbocycles. The average molecular weight is 334 g/mol. The summed E-state index contributed by atoms with van der Waals surface area (Å²) < 4.78 is 6.13. The van der Waals surface area contributed by atoms with Gasteiger partial charge in [0.2, 0.25) is 0 Å². The highest BCUT2D eigenvalue weighted by Gasteiger charge is 2.55. The van der Waals surface area contributed by atoms with E-state index >= 15 is 0 Å². The van der Waals surface area contributed by atoms with Gasteiger partial charge in [-0.05, 0) is 55.4 Å². The lowest BCUT2D eigenvalue weighted by Gasteiger charge is -2.38. The van der Waals surface area contributed by atoms with Gasteiger partial charge in [0, 0.05) is 11.5 Å². The Balaban J connectivity index is 1.69. The Hall–Kier alpha value is -2.55. The molecule has 2 aliphatic rings. The van der Waals surface area contributed by atoms with Crippen LogP contribution in [0.15, 0.2) is 55.1 Å². The Morgan fingerprint density at radius 3 is 2.52 bits per heavy atom. The highest BCUT2D eigenvalue weighted by atomic mass is 16.6. The number of hydrogen-bond acceptors (Lipinski definition) is 3. The number of aromatic hydroxyl groups is 1. The molecule has 4 rings (SSSR count). The van der Waals surface area contributed by atoms with Crippen LogP contribution in [0.5, 0.6) is 5.75 Å². The number of carbonyl (C=O) groups excluding carboxylic acids is 1. The zero-order valence-corrected chi connectivity index (χ0v) is 14.2. The van der Waals surface area contributed by atoms with Gasteiger partial charge in [-0.2, -0.15) is 0 Å². The van der Waals surface area contributed by atoms with E-state index in [0.29, 0.717) is 11.5 Å². The smallest absolute Gasteiger partial charge is 0.339 e. The van der Waals surface area contributed by atoms with E-state index in [-0.39, 0.29) is 17.6 Å². The molecule has 2 bridgehead atoms. The van der Waals surface area contributed by atoms with Crippen LogP contribution in [-0.2, 0) is 10.3 Å². The zero-order chi connectivity index (χ0) is 17.4. The first-order valence-electron chi connectivity index (χ1n) is 8.87. The molecule has 128 valence electrons. The first kappa shape index (κ1) is 15.9. The molecule has 0 heterocycles. The maximum atomic E-state index is 12.8. The quantitative estimate of drug-likeness (QED) is 0.808. The number of phenolic OH excluding ortho intramolecular Hbond substituents is 1. The molecule has 2 fully saturated rings. The standard InChI is InChI=1S/C22H22O3/c1-2-15-7-10-17(11-8-15)21(24)25-22(14-16-9-12-18(22)13-16)19-5-3-4-6-20(19)23/h2-8,10-11,16,18,23H,1,9,12-14H2. The number of carbonyl (C=O) groups is 1. The first-order valence-corrected chi connectivity index (χ1v) is 8.87. The number of hydrogen-bond donors (Lipinski definition) is 1. The van der Waals surface area contributed by atoms with Gasteiger partial charge in [0.25, 0.3) is 0 Å². The van der Waals surface area contributed by atoms with Gasteiger partial charge in [-0.15, -0.1) is 0 Å². The number of rotatable bonds is 4. The van der Waals surface area contributed by atoms with Crippen LogP contribution in [0.1, 0.15) is 47.2 Å². The molecule has 0 aliphatic heterocycles. The highest BCUT2D eigenvalue weighted by Crippen LogP contribution is 2.59. The van der Waals surface area contributed by atoms with Crippen molar-refractivity contribution in [1.82, 2.24) is 0 Å². The van der Waals surface area contributed by atoms with Gasteiger partial charge >= 0.3 is 5.97 Å². The minimum absolute atomic E-state index is 0.213. The molecule has 2 saturated carbocycles. The lowest BCUT2D eigenvalue weighted by molar-refractivity contribution is -0.0540. The average Bonchev–Trinajstić information content (AvgIpc) is 3.23. The summed E-state index contributed by atoms with van der Waals surface area (Å²) in [5.74, 6) is 0.735. The van der Waals surface area contributed by atoms with E-state index < -0.39 is 5.60 Å². The van der Waals surface area contributed by atoms with Crippen molar-refractivity contribution in [2.45, 2.75) is 31.3 Å². The molecule has 2 aromatic rings. The second-order valence-electron chi connectivity index (χ2n) is 7.20. The van der Waals surface area contributed by atoms with Gasteiger partial charge in [-0.25, -0.2) is 4.79 Å². The van der Waals surface area contributed by atoms with Crippen LogP contribution in [-0.4, -0.2) is 11.1 Å². The van der Waals surface area contributed by atoms with Gasteiger partial charge in [0.15, 0.2) is 0 Å². The third-order valence-corrected chi connectivity index (χ3v) is 5.81. The normalized spacial score (nSPS) is 27.2. The lowest BCUT2D eigenvalue weighted by Crippen LogP contribution is -2.38. The summed E-state index contributed by atoms with van der Waals surface area (Å²) in [5, 5.41) is 10.4. The van der Waals surface area contributed by atoms with Gasteiger partial charge in [0.05, 0.1) is 5.56 Å². The van der Waals surface area contributed by atoms with E-state index in [2.05, 4.69) is 6.58 Å². The predicted octanol–water partition coefficient (Wildman–Crippen LogP) is 4.91. The second kappa shape index (κ2) is 6.07. The molecular weight excluding hydrogens is 312 g/mol. The number of ether oxygens (including phenoxy) is 1. The number of fused-ring (bicyclic) bond motifs is 2. The summed E-state index contributed by atoms with van der Waals surface area (Å²) in [4.78, 5) is 12.8. The van der Waals surface area contributed by atoms with Crippen molar-refractivity contribution in [2.24, 2.45) is 11.8 Å². The maximum absolute atomic E-state index is 12.8. The van der Waals surface area contributed by atoms with Crippen LogP contribution >= 0.6 is 0 Å². The van der Waals surface area contributed by atoms with Crippen LogP contribution in [0.25, 0.3) is 6.08 Å². The van der Waals surface area contributed by atoms with E-state index in [4.69, 9.17) is 4.74 Å². The molecule has 2 aromatic carbocycles. The minimum Gasteiger partial charge on any atom is -0.508 e. The zero-order valence-electron chi connectivity index (χ0n) is 14.2. The van der Waals surface area contributed by atoms with Crippen LogP contribution in [0.2, 0.25) is 0 Å². The highest BCUT2D eigenvalue weighted by molar-refractivity contribution is 5.90. The largest absolute Gasteiger partial charge is 0.508 e.